The largest absolute Gasteiger partial charge is 0.338 e. The Morgan fingerprint density at radius 2 is 2.15 bits per heavy atom. The van der Waals surface area contributed by atoms with Crippen molar-refractivity contribution in [1.29, 1.82) is 0 Å². The molecule has 0 radical (unpaired) electrons. The molecule has 1 aliphatic heterocycles. The van der Waals surface area contributed by atoms with Gasteiger partial charge in [0.2, 0.25) is 11.7 Å². The van der Waals surface area contributed by atoms with E-state index < -0.39 is 0 Å². The van der Waals surface area contributed by atoms with Gasteiger partial charge >= 0.3 is 0 Å². The molecule has 2 aromatic heterocycles. The Kier molecular flexibility index (Phi) is 4.23. The van der Waals surface area contributed by atoms with Crippen LogP contribution < -0.4 is 0 Å². The van der Waals surface area contributed by atoms with Crippen molar-refractivity contribution in [1.82, 2.24) is 15.0 Å². The molecular formula is C14H18BrN3OS. The first-order chi connectivity index (χ1) is 9.60. The topological polar surface area (TPSA) is 42.2 Å². The lowest BCUT2D eigenvalue weighted by atomic mass is 9.92. The lowest BCUT2D eigenvalue weighted by molar-refractivity contribution is 0.121. The molecule has 1 fully saturated rings. The van der Waals surface area contributed by atoms with E-state index in [0.29, 0.717) is 11.7 Å². The quantitative estimate of drug-likeness (QED) is 0.833. The summed E-state index contributed by atoms with van der Waals surface area (Å²) in [6, 6.07) is 2.02. The van der Waals surface area contributed by atoms with E-state index in [0.717, 1.165) is 40.8 Å². The first-order valence-electron chi connectivity index (χ1n) is 6.89. The molecule has 0 amide bonds. The number of likely N-dealkylation sites (tertiary alicyclic amines) is 1. The fourth-order valence-corrected chi connectivity index (χ4v) is 4.31. The minimum atomic E-state index is 0.689. The van der Waals surface area contributed by atoms with Crippen LogP contribution in [-0.2, 0) is 6.54 Å². The lowest BCUT2D eigenvalue weighted by Gasteiger charge is -2.33. The van der Waals surface area contributed by atoms with Crippen LogP contribution in [0.4, 0.5) is 0 Å². The molecule has 0 N–H and O–H groups in total. The highest BCUT2D eigenvalue weighted by Crippen LogP contribution is 2.28. The van der Waals surface area contributed by atoms with Crippen molar-refractivity contribution in [2.75, 3.05) is 13.1 Å². The highest BCUT2D eigenvalue weighted by molar-refractivity contribution is 9.10. The summed E-state index contributed by atoms with van der Waals surface area (Å²) in [4.78, 5) is 7.96. The van der Waals surface area contributed by atoms with E-state index in [1.165, 1.54) is 6.42 Å². The van der Waals surface area contributed by atoms with Gasteiger partial charge in [0, 0.05) is 22.9 Å². The second-order valence-electron chi connectivity index (χ2n) is 5.78. The summed E-state index contributed by atoms with van der Waals surface area (Å²) >= 11 is 5.06. The normalized spacial score (nSPS) is 24.1. The standard InChI is InChI=1S/C14H18BrN3OS/c1-9-3-10(2)6-18(5-9)7-13-16-14(17-19-13)12-4-11(15)8-20-12/h4,8-10H,3,5-7H2,1-2H3/t9-,10+. The molecule has 2 aromatic rings. The molecule has 2 atom stereocenters. The summed E-state index contributed by atoms with van der Waals surface area (Å²) in [5, 5.41) is 6.11. The van der Waals surface area contributed by atoms with Gasteiger partial charge in [0.05, 0.1) is 11.4 Å². The maximum absolute atomic E-state index is 5.39. The molecule has 4 nitrogen and oxygen atoms in total. The number of hydrogen-bond acceptors (Lipinski definition) is 5. The van der Waals surface area contributed by atoms with Crippen molar-refractivity contribution in [3.8, 4) is 10.7 Å². The van der Waals surface area contributed by atoms with E-state index in [-0.39, 0.29) is 0 Å². The molecule has 3 heterocycles. The van der Waals surface area contributed by atoms with Gasteiger partial charge in [0.1, 0.15) is 0 Å². The average molecular weight is 356 g/mol. The molecule has 0 spiro atoms. The van der Waals surface area contributed by atoms with Crippen LogP contribution >= 0.6 is 27.3 Å². The molecule has 0 aromatic carbocycles. The molecule has 0 bridgehead atoms. The van der Waals surface area contributed by atoms with Crippen LogP contribution in [0.5, 0.6) is 0 Å². The van der Waals surface area contributed by atoms with E-state index in [9.17, 15) is 0 Å². The van der Waals surface area contributed by atoms with Crippen molar-refractivity contribution in [2.24, 2.45) is 11.8 Å². The Labute approximate surface area is 131 Å². The fraction of sp³-hybridized carbons (Fsp3) is 0.571. The minimum Gasteiger partial charge on any atom is -0.338 e. The molecule has 6 heteroatoms. The number of hydrogen-bond donors (Lipinski definition) is 0. The Bertz CT molecular complexity index is 572. The summed E-state index contributed by atoms with van der Waals surface area (Å²) in [5.74, 6) is 2.89. The summed E-state index contributed by atoms with van der Waals surface area (Å²) in [5.41, 5.74) is 0. The number of halogens is 1. The van der Waals surface area contributed by atoms with Crippen LogP contribution in [0, 0.1) is 11.8 Å². The van der Waals surface area contributed by atoms with Crippen molar-refractivity contribution in [2.45, 2.75) is 26.8 Å². The van der Waals surface area contributed by atoms with Crippen LogP contribution in [0.25, 0.3) is 10.7 Å². The monoisotopic (exact) mass is 355 g/mol. The number of rotatable bonds is 3. The third-order valence-corrected chi connectivity index (χ3v) is 5.25. The molecule has 3 rings (SSSR count). The van der Waals surface area contributed by atoms with Crippen LogP contribution in [0.15, 0.2) is 20.4 Å². The predicted molar refractivity (Wildman–Crippen MR) is 83.5 cm³/mol. The van der Waals surface area contributed by atoms with E-state index in [1.807, 2.05) is 11.4 Å². The number of nitrogens with zero attached hydrogens (tertiary/aromatic N) is 3. The van der Waals surface area contributed by atoms with E-state index in [2.05, 4.69) is 44.8 Å². The second kappa shape index (κ2) is 5.95. The van der Waals surface area contributed by atoms with Crippen LogP contribution in [0.2, 0.25) is 0 Å². The molecular weight excluding hydrogens is 338 g/mol. The zero-order valence-corrected chi connectivity index (χ0v) is 14.1. The Morgan fingerprint density at radius 3 is 2.80 bits per heavy atom. The van der Waals surface area contributed by atoms with Gasteiger partial charge in [-0.2, -0.15) is 4.98 Å². The zero-order chi connectivity index (χ0) is 14.1. The van der Waals surface area contributed by atoms with Gasteiger partial charge in [-0.25, -0.2) is 0 Å². The summed E-state index contributed by atoms with van der Waals surface area (Å²) < 4.78 is 6.45. The summed E-state index contributed by atoms with van der Waals surface area (Å²) in [7, 11) is 0. The number of piperidine rings is 1. The maximum atomic E-state index is 5.39. The third-order valence-electron chi connectivity index (χ3n) is 3.56. The SMILES string of the molecule is C[C@@H]1C[C@H](C)CN(Cc2nc(-c3cc(Br)cs3)no2)C1. The zero-order valence-electron chi connectivity index (χ0n) is 11.7. The lowest BCUT2D eigenvalue weighted by Crippen LogP contribution is -2.38. The Morgan fingerprint density at radius 1 is 1.40 bits per heavy atom. The molecule has 1 aliphatic rings. The van der Waals surface area contributed by atoms with Crippen LogP contribution in [0.1, 0.15) is 26.2 Å². The van der Waals surface area contributed by atoms with Crippen molar-refractivity contribution in [3.63, 3.8) is 0 Å². The van der Waals surface area contributed by atoms with E-state index in [1.54, 1.807) is 11.3 Å². The molecule has 0 unspecified atom stereocenters. The minimum absolute atomic E-state index is 0.689. The highest BCUT2D eigenvalue weighted by atomic mass is 79.9. The smallest absolute Gasteiger partial charge is 0.241 e. The van der Waals surface area contributed by atoms with E-state index in [4.69, 9.17) is 4.52 Å². The Balaban J connectivity index is 1.68. The third kappa shape index (κ3) is 3.30. The Hall–Kier alpha value is -0.720. The highest BCUT2D eigenvalue weighted by Gasteiger charge is 2.23. The van der Waals surface area contributed by atoms with E-state index >= 15 is 0 Å². The average Bonchev–Trinajstić information content (AvgIpc) is 2.96. The summed E-state index contributed by atoms with van der Waals surface area (Å²) in [6.45, 7) is 7.61. The van der Waals surface area contributed by atoms with Crippen molar-refractivity contribution < 1.29 is 4.52 Å². The van der Waals surface area contributed by atoms with Gasteiger partial charge < -0.3 is 4.52 Å². The molecule has 0 saturated carbocycles. The van der Waals surface area contributed by atoms with Crippen LogP contribution in [0.3, 0.4) is 0 Å². The first kappa shape index (κ1) is 14.2. The molecule has 1 saturated heterocycles. The molecule has 108 valence electrons. The first-order valence-corrected chi connectivity index (χ1v) is 8.56. The molecule has 20 heavy (non-hydrogen) atoms. The second-order valence-corrected chi connectivity index (χ2v) is 7.61. The van der Waals surface area contributed by atoms with Gasteiger partial charge in [-0.05, 0) is 40.3 Å². The maximum Gasteiger partial charge on any atom is 0.241 e. The van der Waals surface area contributed by atoms with Crippen molar-refractivity contribution >= 4 is 27.3 Å². The fourth-order valence-electron chi connectivity index (χ4n) is 2.96. The van der Waals surface area contributed by atoms with Gasteiger partial charge in [0.15, 0.2) is 0 Å². The van der Waals surface area contributed by atoms with Gasteiger partial charge in [-0.15, -0.1) is 11.3 Å². The molecule has 0 aliphatic carbocycles. The summed E-state index contributed by atoms with van der Waals surface area (Å²) in [6.07, 6.45) is 1.31. The van der Waals surface area contributed by atoms with Gasteiger partial charge in [-0.1, -0.05) is 19.0 Å². The van der Waals surface area contributed by atoms with Gasteiger partial charge in [-0.3, -0.25) is 4.90 Å². The van der Waals surface area contributed by atoms with Crippen LogP contribution in [-0.4, -0.2) is 28.1 Å². The van der Waals surface area contributed by atoms with Crippen molar-refractivity contribution in [3.05, 3.63) is 21.8 Å². The predicted octanol–water partition coefficient (Wildman–Crippen LogP) is 4.04. The number of thiophene rings is 1. The number of aromatic nitrogens is 2. The van der Waals surface area contributed by atoms with Gasteiger partial charge in [0.25, 0.3) is 0 Å².